The van der Waals surface area contributed by atoms with Crippen molar-refractivity contribution in [1.29, 1.82) is 0 Å². The molecule has 0 aliphatic heterocycles. The van der Waals surface area contributed by atoms with Gasteiger partial charge < -0.3 is 4.42 Å². The van der Waals surface area contributed by atoms with Crippen molar-refractivity contribution >= 4 is 57.4 Å². The normalized spacial score (nSPS) is 10.5. The van der Waals surface area contributed by atoms with E-state index in [0.29, 0.717) is 6.07 Å². The largest absolute Gasteiger partial charge is 0.421 e. The number of carbonyl (C=O) groups excluding carboxylic acids is 2. The molecule has 0 saturated carbocycles. The first-order valence-corrected chi connectivity index (χ1v) is 8.80. The van der Waals surface area contributed by atoms with E-state index in [2.05, 4.69) is 0 Å². The first-order valence-electron chi connectivity index (χ1n) is 8.05. The van der Waals surface area contributed by atoms with Crippen LogP contribution in [0.1, 0.15) is 20.7 Å². The molecule has 0 fully saturated rings. The minimum absolute atomic E-state index is 0.00171. The average Bonchev–Trinajstić information content (AvgIpc) is 2.71. The number of nitro benzene ring substituents is 2. The lowest BCUT2D eigenvalue weighted by Crippen LogP contribution is -2.43. The molecule has 31 heavy (non-hydrogen) atoms. The summed E-state index contributed by atoms with van der Waals surface area (Å²) in [5, 5.41) is 22.4. The summed E-state index contributed by atoms with van der Waals surface area (Å²) in [7, 11) is 0. The number of nitrogens with one attached hydrogen (secondary N) is 2. The summed E-state index contributed by atoms with van der Waals surface area (Å²) in [6.45, 7) is 0. The number of fused-ring (bicyclic) bond motifs is 1. The molecular weight excluding hydrogens is 459 g/mol. The molecule has 2 aromatic carbocycles. The van der Waals surface area contributed by atoms with E-state index >= 15 is 0 Å². The molecule has 14 heteroatoms. The van der Waals surface area contributed by atoms with Gasteiger partial charge in [-0.2, -0.15) is 0 Å². The Hall–Kier alpha value is -4.03. The Bertz CT molecular complexity index is 1340. The van der Waals surface area contributed by atoms with Crippen molar-refractivity contribution in [2.24, 2.45) is 0 Å². The first kappa shape index (κ1) is 21.7. The fourth-order valence-electron chi connectivity index (χ4n) is 2.54. The highest BCUT2D eigenvalue weighted by Gasteiger charge is 2.25. The number of hydrazine groups is 1. The van der Waals surface area contributed by atoms with Gasteiger partial charge in [-0.15, -0.1) is 0 Å². The molecule has 3 aromatic rings. The van der Waals surface area contributed by atoms with Crippen molar-refractivity contribution in [1.82, 2.24) is 10.9 Å². The van der Waals surface area contributed by atoms with Crippen LogP contribution in [0.15, 0.2) is 45.6 Å². The van der Waals surface area contributed by atoms with Crippen molar-refractivity contribution < 1.29 is 23.9 Å². The smallest absolute Gasteiger partial charge is 0.349 e. The Kier molecular flexibility index (Phi) is 5.86. The Morgan fingerprint density at radius 3 is 2.16 bits per heavy atom. The van der Waals surface area contributed by atoms with Gasteiger partial charge in [-0.05, 0) is 24.3 Å². The SMILES string of the molecule is O=C(NNC(=O)c1cc2cc(Cl)cc(Cl)c2oc1=O)c1ccc([N+](=O)[O-])cc1[N+](=O)[O-]. The summed E-state index contributed by atoms with van der Waals surface area (Å²) < 4.78 is 5.00. The number of hydrogen-bond donors (Lipinski definition) is 2. The van der Waals surface area contributed by atoms with Gasteiger partial charge in [0, 0.05) is 16.5 Å². The molecule has 0 saturated heterocycles. The zero-order chi connectivity index (χ0) is 22.9. The standard InChI is InChI=1S/C17H8Cl2N4O8/c18-8-3-7-4-11(17(26)31-14(7)12(19)5-8)16(25)21-20-15(24)10-2-1-9(22(27)28)6-13(10)23(29)30/h1-6H,(H,20,24)(H,21,25). The topological polar surface area (TPSA) is 175 Å². The van der Waals surface area contributed by atoms with E-state index in [0.717, 1.165) is 18.2 Å². The fourth-order valence-corrected chi connectivity index (χ4v) is 3.09. The van der Waals surface area contributed by atoms with Crippen LogP contribution in [0.5, 0.6) is 0 Å². The molecule has 158 valence electrons. The number of non-ortho nitro benzene ring substituents is 1. The lowest BCUT2D eigenvalue weighted by Gasteiger charge is -2.08. The van der Waals surface area contributed by atoms with Crippen LogP contribution in [0.2, 0.25) is 10.0 Å². The fraction of sp³-hybridized carbons (Fsp3) is 0. The van der Waals surface area contributed by atoms with E-state index < -0.39 is 49.8 Å². The summed E-state index contributed by atoms with van der Waals surface area (Å²) in [4.78, 5) is 56.7. The molecule has 0 aliphatic rings. The van der Waals surface area contributed by atoms with E-state index in [1.165, 1.54) is 12.1 Å². The minimum Gasteiger partial charge on any atom is -0.421 e. The molecule has 0 aliphatic carbocycles. The number of hydrogen-bond acceptors (Lipinski definition) is 8. The maximum atomic E-state index is 12.3. The highest BCUT2D eigenvalue weighted by atomic mass is 35.5. The Labute approximate surface area is 180 Å². The molecule has 2 amide bonds. The van der Waals surface area contributed by atoms with Crippen LogP contribution in [0, 0.1) is 20.2 Å². The van der Waals surface area contributed by atoms with Gasteiger partial charge in [-0.3, -0.25) is 40.7 Å². The number of rotatable bonds is 4. The number of halogens is 2. The third kappa shape index (κ3) is 4.44. The van der Waals surface area contributed by atoms with Gasteiger partial charge in [-0.25, -0.2) is 4.79 Å². The second-order valence-electron chi connectivity index (χ2n) is 5.88. The molecule has 1 aromatic heterocycles. The van der Waals surface area contributed by atoms with Crippen molar-refractivity contribution in [3.8, 4) is 0 Å². The third-order valence-electron chi connectivity index (χ3n) is 3.92. The quantitative estimate of drug-likeness (QED) is 0.334. The zero-order valence-electron chi connectivity index (χ0n) is 14.9. The maximum Gasteiger partial charge on any atom is 0.349 e. The molecule has 2 N–H and O–H groups in total. The van der Waals surface area contributed by atoms with E-state index in [4.69, 9.17) is 27.6 Å². The summed E-state index contributed by atoms with van der Waals surface area (Å²) in [6, 6.07) is 6.20. The first-order chi connectivity index (χ1) is 14.6. The molecule has 0 unspecified atom stereocenters. The second kappa shape index (κ2) is 8.38. The summed E-state index contributed by atoms with van der Waals surface area (Å²) >= 11 is 11.8. The van der Waals surface area contributed by atoms with Gasteiger partial charge in [0.2, 0.25) is 0 Å². The molecule has 3 rings (SSSR count). The molecule has 0 spiro atoms. The van der Waals surface area contributed by atoms with Crippen molar-refractivity contribution in [2.75, 3.05) is 0 Å². The van der Waals surface area contributed by atoms with Crippen LogP contribution in [-0.2, 0) is 0 Å². The van der Waals surface area contributed by atoms with Gasteiger partial charge in [0.25, 0.3) is 23.2 Å². The molecule has 0 atom stereocenters. The van der Waals surface area contributed by atoms with E-state index in [9.17, 15) is 34.6 Å². The Balaban J connectivity index is 1.85. The van der Waals surface area contributed by atoms with Gasteiger partial charge in [0.05, 0.1) is 20.9 Å². The summed E-state index contributed by atoms with van der Waals surface area (Å²) in [5.41, 5.74) is 0.226. The molecule has 1 heterocycles. The molecule has 0 radical (unpaired) electrons. The predicted molar refractivity (Wildman–Crippen MR) is 107 cm³/mol. The van der Waals surface area contributed by atoms with Crippen molar-refractivity contribution in [3.63, 3.8) is 0 Å². The summed E-state index contributed by atoms with van der Waals surface area (Å²) in [6.07, 6.45) is 0. The minimum atomic E-state index is -1.15. The van der Waals surface area contributed by atoms with Gasteiger partial charge in [0.1, 0.15) is 11.1 Å². The Morgan fingerprint density at radius 2 is 1.55 bits per heavy atom. The number of nitrogens with zero attached hydrogens (tertiary/aromatic N) is 2. The zero-order valence-corrected chi connectivity index (χ0v) is 16.4. The monoisotopic (exact) mass is 466 g/mol. The number of nitro groups is 2. The number of benzene rings is 2. The number of amides is 2. The average molecular weight is 467 g/mol. The second-order valence-corrected chi connectivity index (χ2v) is 6.72. The highest BCUT2D eigenvalue weighted by Crippen LogP contribution is 2.27. The Morgan fingerprint density at radius 1 is 0.903 bits per heavy atom. The molecular formula is C17H8Cl2N4O8. The van der Waals surface area contributed by atoms with Crippen LogP contribution in [-0.4, -0.2) is 21.7 Å². The number of carbonyl (C=O) groups is 2. The lowest BCUT2D eigenvalue weighted by molar-refractivity contribution is -0.394. The lowest BCUT2D eigenvalue weighted by atomic mass is 10.1. The highest BCUT2D eigenvalue weighted by molar-refractivity contribution is 6.38. The maximum absolute atomic E-state index is 12.3. The van der Waals surface area contributed by atoms with Gasteiger partial charge in [0.15, 0.2) is 5.58 Å². The van der Waals surface area contributed by atoms with Gasteiger partial charge >= 0.3 is 5.63 Å². The van der Waals surface area contributed by atoms with Crippen molar-refractivity contribution in [2.45, 2.75) is 0 Å². The molecule has 12 nitrogen and oxygen atoms in total. The van der Waals surface area contributed by atoms with Crippen LogP contribution < -0.4 is 16.5 Å². The van der Waals surface area contributed by atoms with E-state index in [1.54, 1.807) is 0 Å². The van der Waals surface area contributed by atoms with E-state index in [-0.39, 0.29) is 21.0 Å². The van der Waals surface area contributed by atoms with Crippen LogP contribution in [0.4, 0.5) is 11.4 Å². The van der Waals surface area contributed by atoms with Crippen LogP contribution >= 0.6 is 23.2 Å². The van der Waals surface area contributed by atoms with E-state index in [1.807, 2.05) is 10.9 Å². The third-order valence-corrected chi connectivity index (χ3v) is 4.42. The summed E-state index contributed by atoms with van der Waals surface area (Å²) in [5.74, 6) is -2.24. The molecule has 0 bridgehead atoms. The van der Waals surface area contributed by atoms with Gasteiger partial charge in [-0.1, -0.05) is 23.2 Å². The van der Waals surface area contributed by atoms with Crippen molar-refractivity contribution in [3.05, 3.63) is 88.2 Å². The van der Waals surface area contributed by atoms with Crippen LogP contribution in [0.25, 0.3) is 11.0 Å². The predicted octanol–water partition coefficient (Wildman–Crippen LogP) is 2.99. The van der Waals surface area contributed by atoms with Crippen LogP contribution in [0.3, 0.4) is 0 Å².